The molecule has 0 fully saturated rings. The molecule has 0 saturated heterocycles. The summed E-state index contributed by atoms with van der Waals surface area (Å²) in [5.41, 5.74) is 1.67. The zero-order valence-corrected chi connectivity index (χ0v) is 15.0. The number of carbonyl (C=O) groups excluding carboxylic acids is 2. The van der Waals surface area contributed by atoms with Crippen molar-refractivity contribution in [1.82, 2.24) is 4.90 Å². The van der Waals surface area contributed by atoms with Crippen molar-refractivity contribution >= 4 is 23.2 Å². The average Bonchev–Trinajstić information content (AvgIpc) is 2.62. The molecule has 0 atom stereocenters. The molecular weight excluding hydrogens is 334 g/mol. The van der Waals surface area contributed by atoms with Gasteiger partial charge in [-0.2, -0.15) is 0 Å². The zero-order valence-electron chi connectivity index (χ0n) is 15.0. The summed E-state index contributed by atoms with van der Waals surface area (Å²) in [4.78, 5) is 36.9. The van der Waals surface area contributed by atoms with Crippen LogP contribution in [0, 0.1) is 17.0 Å². The lowest BCUT2D eigenvalue weighted by Gasteiger charge is -2.19. The molecule has 2 amide bonds. The van der Waals surface area contributed by atoms with E-state index >= 15 is 0 Å². The minimum Gasteiger partial charge on any atom is -0.339 e. The highest BCUT2D eigenvalue weighted by Crippen LogP contribution is 2.20. The topological polar surface area (TPSA) is 92.6 Å². The Morgan fingerprint density at radius 1 is 1.08 bits per heavy atom. The third-order valence-corrected chi connectivity index (χ3v) is 4.07. The molecule has 0 radical (unpaired) electrons. The van der Waals surface area contributed by atoms with Crippen LogP contribution in [0.5, 0.6) is 0 Å². The Balaban J connectivity index is 2.19. The molecule has 0 spiro atoms. The van der Waals surface area contributed by atoms with Gasteiger partial charge in [0.2, 0.25) is 0 Å². The number of nitro groups is 1. The van der Waals surface area contributed by atoms with E-state index in [-0.39, 0.29) is 11.6 Å². The normalized spacial score (nSPS) is 10.3. The number of aryl methyl sites for hydroxylation is 1. The summed E-state index contributed by atoms with van der Waals surface area (Å²) in [7, 11) is 0. The first-order valence-corrected chi connectivity index (χ1v) is 8.33. The summed E-state index contributed by atoms with van der Waals surface area (Å²) < 4.78 is 0. The maximum atomic E-state index is 12.4. The summed E-state index contributed by atoms with van der Waals surface area (Å²) in [6.45, 7) is 6.61. The quantitative estimate of drug-likeness (QED) is 0.632. The van der Waals surface area contributed by atoms with E-state index < -0.39 is 10.8 Å². The van der Waals surface area contributed by atoms with Crippen LogP contribution < -0.4 is 5.32 Å². The molecular formula is C19H21N3O4. The van der Waals surface area contributed by atoms with Crippen molar-refractivity contribution in [3.05, 3.63) is 69.3 Å². The van der Waals surface area contributed by atoms with Crippen molar-refractivity contribution in [1.29, 1.82) is 0 Å². The van der Waals surface area contributed by atoms with Crippen molar-refractivity contribution in [2.75, 3.05) is 18.4 Å². The molecule has 0 bridgehead atoms. The Hall–Kier alpha value is -3.22. The molecule has 0 aliphatic carbocycles. The van der Waals surface area contributed by atoms with Crippen LogP contribution in [-0.4, -0.2) is 34.7 Å². The van der Waals surface area contributed by atoms with Crippen molar-refractivity contribution < 1.29 is 14.5 Å². The number of nitrogens with zero attached hydrogens (tertiary/aromatic N) is 2. The van der Waals surface area contributed by atoms with Gasteiger partial charge in [-0.05, 0) is 51.1 Å². The van der Waals surface area contributed by atoms with Crippen LogP contribution in [0.4, 0.5) is 11.4 Å². The van der Waals surface area contributed by atoms with Gasteiger partial charge in [0.15, 0.2) is 0 Å². The van der Waals surface area contributed by atoms with Crippen LogP contribution in [0.2, 0.25) is 0 Å². The van der Waals surface area contributed by atoms with E-state index in [0.29, 0.717) is 35.5 Å². The number of benzene rings is 2. The third-order valence-electron chi connectivity index (χ3n) is 4.07. The van der Waals surface area contributed by atoms with Crippen LogP contribution in [0.25, 0.3) is 0 Å². The van der Waals surface area contributed by atoms with Gasteiger partial charge < -0.3 is 10.2 Å². The van der Waals surface area contributed by atoms with Gasteiger partial charge in [0.05, 0.1) is 4.92 Å². The molecule has 0 aromatic heterocycles. The van der Waals surface area contributed by atoms with E-state index in [4.69, 9.17) is 0 Å². The monoisotopic (exact) mass is 355 g/mol. The lowest BCUT2D eigenvalue weighted by molar-refractivity contribution is -0.385. The Morgan fingerprint density at radius 2 is 1.77 bits per heavy atom. The Labute approximate surface area is 151 Å². The SMILES string of the molecule is CCN(CC)C(=O)c1cccc(NC(=O)c2ccc([N+](=O)[O-])c(C)c2)c1. The van der Waals surface area contributed by atoms with Gasteiger partial charge in [-0.3, -0.25) is 19.7 Å². The molecule has 2 rings (SSSR count). The maximum Gasteiger partial charge on any atom is 0.272 e. The molecule has 7 heteroatoms. The Kier molecular flexibility index (Phi) is 6.06. The molecule has 0 heterocycles. The average molecular weight is 355 g/mol. The Bertz CT molecular complexity index is 844. The first kappa shape index (κ1) is 19.1. The fourth-order valence-electron chi connectivity index (χ4n) is 2.63. The molecule has 2 aromatic carbocycles. The summed E-state index contributed by atoms with van der Waals surface area (Å²) in [5.74, 6) is -0.493. The van der Waals surface area contributed by atoms with Gasteiger partial charge in [0.1, 0.15) is 0 Å². The van der Waals surface area contributed by atoms with Crippen molar-refractivity contribution in [2.45, 2.75) is 20.8 Å². The molecule has 0 unspecified atom stereocenters. The maximum absolute atomic E-state index is 12.4. The molecule has 0 aliphatic rings. The second kappa shape index (κ2) is 8.24. The first-order valence-electron chi connectivity index (χ1n) is 8.33. The highest BCUT2D eigenvalue weighted by molar-refractivity contribution is 6.05. The number of rotatable bonds is 6. The van der Waals surface area contributed by atoms with Crippen LogP contribution >= 0.6 is 0 Å². The predicted octanol–water partition coefficient (Wildman–Crippen LogP) is 3.64. The van der Waals surface area contributed by atoms with E-state index in [1.165, 1.54) is 18.2 Å². The molecule has 0 saturated carbocycles. The van der Waals surface area contributed by atoms with Crippen LogP contribution in [0.15, 0.2) is 42.5 Å². The minimum atomic E-state index is -0.487. The van der Waals surface area contributed by atoms with Crippen LogP contribution in [0.3, 0.4) is 0 Å². The largest absolute Gasteiger partial charge is 0.339 e. The molecule has 136 valence electrons. The van der Waals surface area contributed by atoms with Gasteiger partial charge in [-0.1, -0.05) is 6.07 Å². The molecule has 2 aromatic rings. The van der Waals surface area contributed by atoms with Crippen LogP contribution in [-0.2, 0) is 0 Å². The van der Waals surface area contributed by atoms with Gasteiger partial charge >= 0.3 is 0 Å². The van der Waals surface area contributed by atoms with Gasteiger partial charge in [0.25, 0.3) is 17.5 Å². The van der Waals surface area contributed by atoms with Crippen molar-refractivity contribution in [3.63, 3.8) is 0 Å². The number of nitrogens with one attached hydrogen (secondary N) is 1. The Morgan fingerprint density at radius 3 is 2.35 bits per heavy atom. The summed E-state index contributed by atoms with van der Waals surface area (Å²) in [5, 5.41) is 13.6. The smallest absolute Gasteiger partial charge is 0.272 e. The van der Waals surface area contributed by atoms with E-state index in [1.54, 1.807) is 36.1 Å². The van der Waals surface area contributed by atoms with E-state index in [2.05, 4.69) is 5.32 Å². The number of hydrogen-bond acceptors (Lipinski definition) is 4. The molecule has 7 nitrogen and oxygen atoms in total. The van der Waals surface area contributed by atoms with Crippen LogP contribution in [0.1, 0.15) is 40.1 Å². The summed E-state index contributed by atoms with van der Waals surface area (Å²) >= 11 is 0. The number of carbonyl (C=O) groups is 2. The zero-order chi connectivity index (χ0) is 19.3. The number of nitro benzene ring substituents is 1. The summed E-state index contributed by atoms with van der Waals surface area (Å²) in [6.07, 6.45) is 0. The first-order chi connectivity index (χ1) is 12.4. The highest BCUT2D eigenvalue weighted by atomic mass is 16.6. The molecule has 26 heavy (non-hydrogen) atoms. The van der Waals surface area contributed by atoms with Gasteiger partial charge in [-0.25, -0.2) is 0 Å². The third kappa shape index (κ3) is 4.24. The lowest BCUT2D eigenvalue weighted by atomic mass is 10.1. The fourth-order valence-corrected chi connectivity index (χ4v) is 2.63. The van der Waals surface area contributed by atoms with E-state index in [9.17, 15) is 19.7 Å². The van der Waals surface area contributed by atoms with E-state index in [0.717, 1.165) is 0 Å². The minimum absolute atomic E-state index is 0.0339. The molecule has 1 N–H and O–H groups in total. The second-order valence-electron chi connectivity index (χ2n) is 5.77. The predicted molar refractivity (Wildman–Crippen MR) is 99.5 cm³/mol. The highest BCUT2D eigenvalue weighted by Gasteiger charge is 2.16. The summed E-state index contributed by atoms with van der Waals surface area (Å²) in [6, 6.07) is 10.9. The fraction of sp³-hybridized carbons (Fsp3) is 0.263. The number of anilines is 1. The lowest BCUT2D eigenvalue weighted by Crippen LogP contribution is -2.30. The number of hydrogen-bond donors (Lipinski definition) is 1. The molecule has 0 aliphatic heterocycles. The van der Waals surface area contributed by atoms with Gasteiger partial charge in [0, 0.05) is 41.5 Å². The van der Waals surface area contributed by atoms with Crippen molar-refractivity contribution in [2.24, 2.45) is 0 Å². The standard InChI is InChI=1S/C19H21N3O4/c1-4-21(5-2)19(24)15-7-6-8-16(12-15)20-18(23)14-9-10-17(22(25)26)13(3)11-14/h6-12H,4-5H2,1-3H3,(H,20,23). The second-order valence-corrected chi connectivity index (χ2v) is 5.77. The van der Waals surface area contributed by atoms with Crippen molar-refractivity contribution in [3.8, 4) is 0 Å². The number of amides is 2. The van der Waals surface area contributed by atoms with Gasteiger partial charge in [-0.15, -0.1) is 0 Å². The van der Waals surface area contributed by atoms with E-state index in [1.807, 2.05) is 13.8 Å².